The molecule has 6 heteroatoms. The van der Waals surface area contributed by atoms with E-state index in [0.717, 1.165) is 9.13 Å². The van der Waals surface area contributed by atoms with E-state index < -0.39 is 0 Å². The molecule has 18 heavy (non-hydrogen) atoms. The van der Waals surface area contributed by atoms with Crippen LogP contribution in [-0.4, -0.2) is 15.7 Å². The van der Waals surface area contributed by atoms with E-state index in [0.29, 0.717) is 6.54 Å². The van der Waals surface area contributed by atoms with Crippen molar-refractivity contribution in [3.8, 4) is 0 Å². The van der Waals surface area contributed by atoms with Crippen molar-refractivity contribution in [3.05, 3.63) is 51.9 Å². The van der Waals surface area contributed by atoms with Gasteiger partial charge >= 0.3 is 0 Å². The lowest BCUT2D eigenvalue weighted by molar-refractivity contribution is -0.123. The van der Waals surface area contributed by atoms with Crippen LogP contribution in [0.5, 0.6) is 0 Å². The fourth-order valence-corrected chi connectivity index (χ4v) is 2.20. The summed E-state index contributed by atoms with van der Waals surface area (Å²) in [7, 11) is 0. The molecule has 1 atom stereocenters. The maximum Gasteiger partial charge on any atom is 0.243 e. The minimum absolute atomic E-state index is 0.216. The van der Waals surface area contributed by atoms with Gasteiger partial charge in [-0.05, 0) is 28.2 Å². The minimum atomic E-state index is -0.341. The summed E-state index contributed by atoms with van der Waals surface area (Å²) in [6, 6.07) is 9.54. The highest BCUT2D eigenvalue weighted by Gasteiger charge is 2.20. The summed E-state index contributed by atoms with van der Waals surface area (Å²) in [5, 5.41) is 4.19. The van der Waals surface area contributed by atoms with Crippen molar-refractivity contribution in [3.63, 3.8) is 0 Å². The monoisotopic (exact) mass is 356 g/mol. The lowest BCUT2D eigenvalue weighted by Gasteiger charge is -2.15. The third-order valence-electron chi connectivity index (χ3n) is 2.63. The minimum Gasteiger partial charge on any atom is -0.294 e. The lowest BCUT2D eigenvalue weighted by Crippen LogP contribution is -2.36. The Morgan fingerprint density at radius 1 is 1.44 bits per heavy atom. The Morgan fingerprint density at radius 3 is 2.72 bits per heavy atom. The topological polar surface area (TPSA) is 72.9 Å². The van der Waals surface area contributed by atoms with Gasteiger partial charge in [-0.25, -0.2) is 5.84 Å². The first kappa shape index (κ1) is 13.0. The van der Waals surface area contributed by atoms with Gasteiger partial charge in [-0.15, -0.1) is 0 Å². The van der Waals surface area contributed by atoms with E-state index in [2.05, 4.69) is 33.1 Å². The summed E-state index contributed by atoms with van der Waals surface area (Å²) in [5.41, 5.74) is 3.13. The number of rotatable bonds is 4. The van der Waals surface area contributed by atoms with Crippen molar-refractivity contribution < 1.29 is 4.79 Å². The molecule has 0 spiro atoms. The molecule has 5 nitrogen and oxygen atoms in total. The predicted molar refractivity (Wildman–Crippen MR) is 76.5 cm³/mol. The first-order chi connectivity index (χ1) is 8.70. The Hall–Kier alpha value is -1.41. The first-order valence-corrected chi connectivity index (χ1v) is 6.52. The summed E-state index contributed by atoms with van der Waals surface area (Å²) in [6.45, 7) is 0.468. The molecule has 1 heterocycles. The van der Waals surface area contributed by atoms with E-state index >= 15 is 0 Å². The number of hydrogen-bond donors (Lipinski definition) is 2. The van der Waals surface area contributed by atoms with E-state index in [1.54, 1.807) is 10.9 Å². The van der Waals surface area contributed by atoms with Crippen molar-refractivity contribution in [1.29, 1.82) is 0 Å². The van der Waals surface area contributed by atoms with Crippen LogP contribution in [0, 0.1) is 3.57 Å². The van der Waals surface area contributed by atoms with Gasteiger partial charge in [-0.1, -0.05) is 30.3 Å². The average molecular weight is 356 g/mol. The molecule has 94 valence electrons. The molecule has 2 rings (SSSR count). The molecule has 1 amide bonds. The number of nitrogens with zero attached hydrogens (tertiary/aromatic N) is 2. The molecule has 0 radical (unpaired) electrons. The Kier molecular flexibility index (Phi) is 4.32. The van der Waals surface area contributed by atoms with Crippen LogP contribution < -0.4 is 11.3 Å². The highest BCUT2D eigenvalue weighted by atomic mass is 127. The quantitative estimate of drug-likeness (QED) is 0.375. The van der Waals surface area contributed by atoms with Gasteiger partial charge in [0.25, 0.3) is 0 Å². The van der Waals surface area contributed by atoms with Crippen LogP contribution in [-0.2, 0) is 11.3 Å². The molecule has 1 aromatic heterocycles. The highest BCUT2D eigenvalue weighted by molar-refractivity contribution is 14.1. The van der Waals surface area contributed by atoms with E-state index in [4.69, 9.17) is 5.84 Å². The van der Waals surface area contributed by atoms with Crippen molar-refractivity contribution in [2.45, 2.75) is 12.5 Å². The Morgan fingerprint density at radius 2 is 2.17 bits per heavy atom. The number of halogens is 1. The Balaban J connectivity index is 2.24. The van der Waals surface area contributed by atoms with Gasteiger partial charge in [0.05, 0.1) is 22.2 Å². The fourth-order valence-electron chi connectivity index (χ4n) is 1.75. The summed E-state index contributed by atoms with van der Waals surface area (Å²) in [6.07, 6.45) is 3.64. The van der Waals surface area contributed by atoms with Crippen LogP contribution in [0.4, 0.5) is 0 Å². The second-order valence-electron chi connectivity index (χ2n) is 3.85. The predicted octanol–water partition coefficient (Wildman–Crippen LogP) is 1.26. The van der Waals surface area contributed by atoms with Crippen molar-refractivity contribution in [2.24, 2.45) is 5.84 Å². The number of hydrazine groups is 1. The SMILES string of the molecule is NNC(=O)C(Cn1cc(I)cn1)c1ccccc1. The molecular weight excluding hydrogens is 343 g/mol. The van der Waals surface area contributed by atoms with Crippen LogP contribution >= 0.6 is 22.6 Å². The molecule has 0 bridgehead atoms. The maximum atomic E-state index is 11.8. The van der Waals surface area contributed by atoms with Gasteiger partial charge in [0, 0.05) is 6.20 Å². The Labute approximate surface area is 118 Å². The van der Waals surface area contributed by atoms with Crippen molar-refractivity contribution >= 4 is 28.5 Å². The fraction of sp³-hybridized carbons (Fsp3) is 0.167. The second-order valence-corrected chi connectivity index (χ2v) is 5.10. The third-order valence-corrected chi connectivity index (χ3v) is 3.19. The molecule has 2 aromatic rings. The standard InChI is InChI=1S/C12H13IN4O/c13-10-6-15-17(7-10)8-11(12(18)16-14)9-4-2-1-3-5-9/h1-7,11H,8,14H2,(H,16,18). The van der Waals surface area contributed by atoms with E-state index in [-0.39, 0.29) is 11.8 Å². The van der Waals surface area contributed by atoms with Crippen LogP contribution in [0.1, 0.15) is 11.5 Å². The van der Waals surface area contributed by atoms with Gasteiger partial charge < -0.3 is 0 Å². The molecule has 0 fully saturated rings. The number of carbonyl (C=O) groups is 1. The van der Waals surface area contributed by atoms with Crippen LogP contribution in [0.15, 0.2) is 42.7 Å². The number of nitrogens with two attached hydrogens (primary N) is 1. The summed E-state index contributed by atoms with van der Waals surface area (Å²) in [5.74, 6) is 4.68. The van der Waals surface area contributed by atoms with Crippen molar-refractivity contribution in [1.82, 2.24) is 15.2 Å². The highest BCUT2D eigenvalue weighted by Crippen LogP contribution is 2.18. The average Bonchev–Trinajstić information content (AvgIpc) is 2.82. The zero-order valence-corrected chi connectivity index (χ0v) is 11.7. The number of benzene rings is 1. The lowest BCUT2D eigenvalue weighted by atomic mass is 9.98. The van der Waals surface area contributed by atoms with Crippen LogP contribution in [0.3, 0.4) is 0 Å². The maximum absolute atomic E-state index is 11.8. The third kappa shape index (κ3) is 3.08. The molecule has 3 N–H and O–H groups in total. The first-order valence-electron chi connectivity index (χ1n) is 5.44. The summed E-state index contributed by atoms with van der Waals surface area (Å²) in [4.78, 5) is 11.8. The normalized spacial score (nSPS) is 12.1. The molecule has 0 aliphatic carbocycles. The van der Waals surface area contributed by atoms with Gasteiger partial charge in [0.15, 0.2) is 0 Å². The van der Waals surface area contributed by atoms with Crippen molar-refractivity contribution in [2.75, 3.05) is 0 Å². The largest absolute Gasteiger partial charge is 0.294 e. The number of nitrogens with one attached hydrogen (secondary N) is 1. The number of hydrogen-bond acceptors (Lipinski definition) is 3. The summed E-state index contributed by atoms with van der Waals surface area (Å²) < 4.78 is 2.78. The Bertz CT molecular complexity index is 526. The van der Waals surface area contributed by atoms with E-state index in [1.165, 1.54) is 0 Å². The zero-order valence-electron chi connectivity index (χ0n) is 9.58. The molecule has 0 aliphatic heterocycles. The van der Waals surface area contributed by atoms with E-state index in [9.17, 15) is 4.79 Å². The van der Waals surface area contributed by atoms with Crippen LogP contribution in [0.2, 0.25) is 0 Å². The van der Waals surface area contributed by atoms with Gasteiger partial charge in [-0.2, -0.15) is 5.10 Å². The molecule has 0 saturated heterocycles. The molecule has 0 saturated carbocycles. The van der Waals surface area contributed by atoms with Gasteiger partial charge in [0.2, 0.25) is 5.91 Å². The smallest absolute Gasteiger partial charge is 0.243 e. The second kappa shape index (κ2) is 5.96. The number of aromatic nitrogens is 2. The number of amides is 1. The molecule has 1 unspecified atom stereocenters. The molecule has 0 aliphatic rings. The van der Waals surface area contributed by atoms with Crippen LogP contribution in [0.25, 0.3) is 0 Å². The summed E-state index contributed by atoms with van der Waals surface area (Å²) >= 11 is 2.18. The molecule has 1 aromatic carbocycles. The zero-order chi connectivity index (χ0) is 13.0. The number of carbonyl (C=O) groups excluding carboxylic acids is 1. The van der Waals surface area contributed by atoms with Gasteiger partial charge in [-0.3, -0.25) is 14.9 Å². The van der Waals surface area contributed by atoms with Gasteiger partial charge in [0.1, 0.15) is 0 Å². The molecular formula is C12H13IN4O. The van der Waals surface area contributed by atoms with E-state index in [1.807, 2.05) is 36.5 Å².